The monoisotopic (exact) mass is 458 g/mol. The summed E-state index contributed by atoms with van der Waals surface area (Å²) in [5.74, 6) is -0.0423. The molecule has 0 fully saturated rings. The highest BCUT2D eigenvalue weighted by atomic mass is 32.2. The van der Waals surface area contributed by atoms with Crippen molar-refractivity contribution in [2.45, 2.75) is 11.1 Å². The van der Waals surface area contributed by atoms with Gasteiger partial charge in [-0.1, -0.05) is 42.5 Å². The number of aromatic nitrogens is 2. The highest BCUT2D eigenvalue weighted by Crippen LogP contribution is 2.43. The Morgan fingerprint density at radius 2 is 1.44 bits per heavy atom. The molecule has 1 heterocycles. The number of rotatable bonds is 4. The van der Waals surface area contributed by atoms with Crippen LogP contribution in [0.5, 0.6) is 5.75 Å². The number of hydrogen-bond acceptors (Lipinski definition) is 4. The van der Waals surface area contributed by atoms with Crippen LogP contribution in [0, 0.1) is 0 Å². The molecular weight excluding hydrogens is 441 g/mol. The summed E-state index contributed by atoms with van der Waals surface area (Å²) in [6.45, 7) is 0. The molecule has 1 N–H and O–H groups in total. The molecule has 32 heavy (non-hydrogen) atoms. The van der Waals surface area contributed by atoms with E-state index in [9.17, 15) is 26.7 Å². The van der Waals surface area contributed by atoms with E-state index >= 15 is 0 Å². The van der Waals surface area contributed by atoms with Crippen LogP contribution < -0.4 is 0 Å². The number of alkyl halides is 3. The zero-order chi connectivity index (χ0) is 23.1. The van der Waals surface area contributed by atoms with E-state index in [2.05, 4.69) is 5.10 Å². The van der Waals surface area contributed by atoms with Gasteiger partial charge in [0.1, 0.15) is 5.75 Å². The number of aromatic hydroxyl groups is 1. The first-order chi connectivity index (χ1) is 15.1. The zero-order valence-electron chi connectivity index (χ0n) is 16.7. The van der Waals surface area contributed by atoms with Gasteiger partial charge in [-0.3, -0.25) is 0 Å². The molecule has 0 spiro atoms. The predicted molar refractivity (Wildman–Crippen MR) is 114 cm³/mol. The minimum absolute atomic E-state index is 0.0423. The summed E-state index contributed by atoms with van der Waals surface area (Å²) in [4.78, 5) is 0.0502. The van der Waals surface area contributed by atoms with Gasteiger partial charge in [-0.25, -0.2) is 13.1 Å². The molecular formula is C23H17F3N2O3S. The van der Waals surface area contributed by atoms with Crippen LogP contribution in [0.15, 0.2) is 83.8 Å². The van der Waals surface area contributed by atoms with Gasteiger partial charge in [0.2, 0.25) is 0 Å². The number of nitrogens with zero attached hydrogens (tertiary/aromatic N) is 2. The van der Waals surface area contributed by atoms with Gasteiger partial charge in [-0.15, -0.1) is 0 Å². The van der Waals surface area contributed by atoms with Crippen molar-refractivity contribution < 1.29 is 26.7 Å². The van der Waals surface area contributed by atoms with Gasteiger partial charge in [-0.2, -0.15) is 18.3 Å². The molecule has 0 aliphatic heterocycles. The predicted octanol–water partition coefficient (Wildman–Crippen LogP) is 5.33. The molecule has 9 heteroatoms. The van der Waals surface area contributed by atoms with Crippen LogP contribution in [0.4, 0.5) is 13.2 Å². The van der Waals surface area contributed by atoms with Crippen molar-refractivity contribution in [3.05, 3.63) is 84.6 Å². The molecule has 0 radical (unpaired) electrons. The second-order valence-electron chi connectivity index (χ2n) is 7.16. The lowest BCUT2D eigenvalue weighted by atomic mass is 9.98. The molecule has 0 saturated carbocycles. The fourth-order valence-corrected chi connectivity index (χ4v) is 4.03. The maximum absolute atomic E-state index is 14.0. The Kier molecular flexibility index (Phi) is 5.29. The van der Waals surface area contributed by atoms with Gasteiger partial charge >= 0.3 is 6.18 Å². The van der Waals surface area contributed by atoms with Crippen molar-refractivity contribution in [2.24, 2.45) is 0 Å². The van der Waals surface area contributed by atoms with Crippen molar-refractivity contribution in [2.75, 3.05) is 6.26 Å². The highest BCUT2D eigenvalue weighted by Gasteiger charge is 2.40. The lowest BCUT2D eigenvalue weighted by molar-refractivity contribution is -0.140. The third-order valence-electron chi connectivity index (χ3n) is 4.87. The van der Waals surface area contributed by atoms with Crippen molar-refractivity contribution >= 4 is 9.84 Å². The largest absolute Gasteiger partial charge is 0.508 e. The van der Waals surface area contributed by atoms with Crippen molar-refractivity contribution in [1.29, 1.82) is 0 Å². The van der Waals surface area contributed by atoms with Crippen LogP contribution in [0.1, 0.15) is 5.69 Å². The Labute approximate surface area is 182 Å². The van der Waals surface area contributed by atoms with Gasteiger partial charge in [0.05, 0.1) is 16.3 Å². The summed E-state index contributed by atoms with van der Waals surface area (Å²) in [6, 6.07) is 19.3. The van der Waals surface area contributed by atoms with Crippen LogP contribution in [0.3, 0.4) is 0 Å². The molecule has 5 nitrogen and oxygen atoms in total. The van der Waals surface area contributed by atoms with Crippen molar-refractivity contribution in [3.63, 3.8) is 0 Å². The highest BCUT2D eigenvalue weighted by molar-refractivity contribution is 7.90. The smallest absolute Gasteiger partial charge is 0.435 e. The third-order valence-corrected chi connectivity index (χ3v) is 6.00. The van der Waals surface area contributed by atoms with Crippen molar-refractivity contribution in [1.82, 2.24) is 9.78 Å². The summed E-state index contributed by atoms with van der Waals surface area (Å²) in [7, 11) is -3.48. The summed E-state index contributed by atoms with van der Waals surface area (Å²) in [5, 5.41) is 13.5. The lowest BCUT2D eigenvalue weighted by Crippen LogP contribution is -2.08. The van der Waals surface area contributed by atoms with E-state index < -0.39 is 21.7 Å². The van der Waals surface area contributed by atoms with Gasteiger partial charge < -0.3 is 5.11 Å². The topological polar surface area (TPSA) is 72.2 Å². The normalized spacial score (nSPS) is 12.1. The minimum atomic E-state index is -4.74. The molecule has 0 amide bonds. The SMILES string of the molecule is CS(=O)(=O)c1ccc(-c2c(-c3ccccc3)c(C(F)(F)F)nn2-c2ccc(O)cc2)cc1. The summed E-state index contributed by atoms with van der Waals surface area (Å²) < 4.78 is 67.0. The number of hydrogen-bond donors (Lipinski definition) is 1. The number of halogens is 3. The average molecular weight is 458 g/mol. The first-order valence-corrected chi connectivity index (χ1v) is 11.3. The molecule has 1 aromatic heterocycles. The fourth-order valence-electron chi connectivity index (χ4n) is 3.40. The second-order valence-corrected chi connectivity index (χ2v) is 9.18. The van der Waals surface area contributed by atoms with E-state index in [1.165, 1.54) is 48.5 Å². The molecule has 164 valence electrons. The number of benzene rings is 3. The first-order valence-electron chi connectivity index (χ1n) is 9.41. The third kappa shape index (κ3) is 4.11. The van der Waals surface area contributed by atoms with Gasteiger partial charge in [0, 0.05) is 17.4 Å². The fraction of sp³-hybridized carbons (Fsp3) is 0.0870. The maximum atomic E-state index is 14.0. The Bertz CT molecular complexity index is 1360. The Morgan fingerprint density at radius 1 is 0.844 bits per heavy atom. The van der Waals surface area contributed by atoms with E-state index in [1.54, 1.807) is 30.3 Å². The van der Waals surface area contributed by atoms with Crippen LogP contribution >= 0.6 is 0 Å². The van der Waals surface area contributed by atoms with Crippen LogP contribution in [-0.4, -0.2) is 29.6 Å². The number of phenols is 1. The number of sulfone groups is 1. The summed E-state index contributed by atoms with van der Waals surface area (Å²) in [5.41, 5.74) is -0.0800. The first kappa shape index (κ1) is 21.6. The number of phenolic OH excluding ortho intramolecular Hbond substituents is 1. The van der Waals surface area contributed by atoms with Gasteiger partial charge in [0.15, 0.2) is 15.5 Å². The molecule has 4 aromatic rings. The van der Waals surface area contributed by atoms with Crippen molar-refractivity contribution in [3.8, 4) is 33.8 Å². The van der Waals surface area contributed by atoms with E-state index in [1.807, 2.05) is 0 Å². The lowest BCUT2D eigenvalue weighted by Gasteiger charge is -2.12. The quantitative estimate of drug-likeness (QED) is 0.449. The molecule has 0 atom stereocenters. The van der Waals surface area contributed by atoms with E-state index in [-0.39, 0.29) is 21.9 Å². The Morgan fingerprint density at radius 3 is 1.97 bits per heavy atom. The summed E-state index contributed by atoms with van der Waals surface area (Å²) in [6.07, 6.45) is -3.69. The average Bonchev–Trinajstić information content (AvgIpc) is 3.15. The zero-order valence-corrected chi connectivity index (χ0v) is 17.5. The van der Waals surface area contributed by atoms with Crippen LogP contribution in [-0.2, 0) is 16.0 Å². The molecule has 4 rings (SSSR count). The maximum Gasteiger partial charge on any atom is 0.435 e. The van der Waals surface area contributed by atoms with Gasteiger partial charge in [-0.05, 0) is 42.0 Å². The molecule has 0 saturated heterocycles. The van der Waals surface area contributed by atoms with Gasteiger partial charge in [0.25, 0.3) is 0 Å². The summed E-state index contributed by atoms with van der Waals surface area (Å²) >= 11 is 0. The van der Waals surface area contributed by atoms with E-state index in [0.29, 0.717) is 16.8 Å². The molecule has 0 unspecified atom stereocenters. The Balaban J connectivity index is 2.07. The molecule has 3 aromatic carbocycles. The van der Waals surface area contributed by atoms with Crippen LogP contribution in [0.25, 0.3) is 28.1 Å². The molecule has 0 aliphatic rings. The minimum Gasteiger partial charge on any atom is -0.508 e. The van der Waals surface area contributed by atoms with E-state index in [0.717, 1.165) is 10.9 Å². The standard InChI is InChI=1S/C23H17F3N2O3S/c1-32(30,31)19-13-7-16(8-14-19)21-20(15-5-3-2-4-6-15)22(23(24,25)26)27-28(21)17-9-11-18(29)12-10-17/h2-14,29H,1H3. The second kappa shape index (κ2) is 7.83. The molecule has 0 bridgehead atoms. The van der Waals surface area contributed by atoms with Crippen LogP contribution in [0.2, 0.25) is 0 Å². The van der Waals surface area contributed by atoms with E-state index in [4.69, 9.17) is 0 Å². The molecule has 0 aliphatic carbocycles. The Hall–Kier alpha value is -3.59.